The van der Waals surface area contributed by atoms with Crippen molar-refractivity contribution in [2.75, 3.05) is 13.1 Å². The quantitative estimate of drug-likeness (QED) is 0.827. The number of pyridine rings is 1. The van der Waals surface area contributed by atoms with Crippen molar-refractivity contribution in [3.63, 3.8) is 0 Å². The number of aromatic nitrogens is 4. The molecule has 1 fully saturated rings. The SMILES string of the molecule is Cc1[nH]c(=O)c(C#N)c(C)c1CCC(=O)N1CCC(Cc2cn[nH]n2)CC1. The highest BCUT2D eigenvalue weighted by Gasteiger charge is 2.24. The summed E-state index contributed by atoms with van der Waals surface area (Å²) in [5, 5.41) is 19.7. The van der Waals surface area contributed by atoms with E-state index in [0.717, 1.165) is 49.3 Å². The molecule has 3 rings (SSSR count). The minimum atomic E-state index is -0.364. The number of aryl methyl sites for hydroxylation is 1. The Bertz CT molecular complexity index is 902. The molecule has 2 N–H and O–H groups in total. The van der Waals surface area contributed by atoms with Gasteiger partial charge in [-0.05, 0) is 56.6 Å². The van der Waals surface area contributed by atoms with Crippen LogP contribution in [0.1, 0.15) is 47.3 Å². The number of nitriles is 1. The maximum Gasteiger partial charge on any atom is 0.266 e. The number of carbonyl (C=O) groups is 1. The molecule has 2 aromatic heterocycles. The van der Waals surface area contributed by atoms with Crippen molar-refractivity contribution in [2.24, 2.45) is 5.92 Å². The zero-order chi connectivity index (χ0) is 19.4. The molecule has 8 nitrogen and oxygen atoms in total. The second-order valence-electron chi connectivity index (χ2n) is 7.16. The molecule has 142 valence electrons. The molecule has 0 radical (unpaired) electrons. The van der Waals surface area contributed by atoms with E-state index in [-0.39, 0.29) is 17.0 Å². The highest BCUT2D eigenvalue weighted by Crippen LogP contribution is 2.22. The molecule has 1 amide bonds. The van der Waals surface area contributed by atoms with Gasteiger partial charge in [-0.15, -0.1) is 0 Å². The summed E-state index contributed by atoms with van der Waals surface area (Å²) in [6, 6.07) is 1.95. The van der Waals surface area contributed by atoms with Crippen LogP contribution in [0.25, 0.3) is 0 Å². The van der Waals surface area contributed by atoms with E-state index in [1.165, 1.54) is 0 Å². The van der Waals surface area contributed by atoms with Crippen molar-refractivity contribution in [3.8, 4) is 6.07 Å². The maximum atomic E-state index is 12.6. The number of amides is 1. The Labute approximate surface area is 157 Å². The number of piperidine rings is 1. The third-order valence-electron chi connectivity index (χ3n) is 5.44. The van der Waals surface area contributed by atoms with Gasteiger partial charge in [-0.1, -0.05) is 0 Å². The Kier molecular flexibility index (Phi) is 5.69. The van der Waals surface area contributed by atoms with Crippen molar-refractivity contribution in [1.29, 1.82) is 5.26 Å². The normalized spacial score (nSPS) is 14.9. The molecule has 0 aromatic carbocycles. The summed E-state index contributed by atoms with van der Waals surface area (Å²) in [7, 11) is 0. The van der Waals surface area contributed by atoms with Crippen LogP contribution in [-0.2, 0) is 17.6 Å². The largest absolute Gasteiger partial charge is 0.343 e. The van der Waals surface area contributed by atoms with E-state index in [4.69, 9.17) is 5.26 Å². The molecule has 0 aliphatic carbocycles. The molecule has 2 aromatic rings. The number of likely N-dealkylation sites (tertiary alicyclic amines) is 1. The van der Waals surface area contributed by atoms with E-state index in [1.54, 1.807) is 13.1 Å². The molecule has 1 saturated heterocycles. The van der Waals surface area contributed by atoms with E-state index >= 15 is 0 Å². The lowest BCUT2D eigenvalue weighted by atomic mass is 9.92. The second-order valence-corrected chi connectivity index (χ2v) is 7.16. The number of hydrogen-bond acceptors (Lipinski definition) is 5. The first-order chi connectivity index (χ1) is 13.0. The van der Waals surface area contributed by atoms with E-state index in [1.807, 2.05) is 17.9 Å². The zero-order valence-corrected chi connectivity index (χ0v) is 15.7. The van der Waals surface area contributed by atoms with Crippen molar-refractivity contribution >= 4 is 5.91 Å². The first-order valence-corrected chi connectivity index (χ1v) is 9.24. The van der Waals surface area contributed by atoms with Crippen LogP contribution in [-0.4, -0.2) is 44.3 Å². The second kappa shape index (κ2) is 8.16. The van der Waals surface area contributed by atoms with Crippen molar-refractivity contribution < 1.29 is 4.79 Å². The van der Waals surface area contributed by atoms with Crippen LogP contribution >= 0.6 is 0 Å². The first kappa shape index (κ1) is 18.8. The molecule has 3 heterocycles. The number of H-pyrrole nitrogens is 2. The zero-order valence-electron chi connectivity index (χ0n) is 15.7. The van der Waals surface area contributed by atoms with E-state index in [2.05, 4.69) is 20.4 Å². The van der Waals surface area contributed by atoms with Crippen molar-refractivity contribution in [3.05, 3.63) is 44.6 Å². The topological polar surface area (TPSA) is 119 Å². The van der Waals surface area contributed by atoms with Crippen LogP contribution in [0.15, 0.2) is 11.0 Å². The Morgan fingerprint density at radius 1 is 1.37 bits per heavy atom. The van der Waals surface area contributed by atoms with Crippen LogP contribution in [0.3, 0.4) is 0 Å². The van der Waals surface area contributed by atoms with Crippen LogP contribution < -0.4 is 5.56 Å². The highest BCUT2D eigenvalue weighted by atomic mass is 16.2. The van der Waals surface area contributed by atoms with Crippen LogP contribution in [0.2, 0.25) is 0 Å². The number of nitrogens with zero attached hydrogens (tertiary/aromatic N) is 4. The molecule has 1 aliphatic rings. The van der Waals surface area contributed by atoms with Gasteiger partial charge in [0, 0.05) is 25.2 Å². The van der Waals surface area contributed by atoms with Crippen molar-refractivity contribution in [2.45, 2.75) is 46.0 Å². The van der Waals surface area contributed by atoms with Gasteiger partial charge in [0.05, 0.1) is 11.9 Å². The number of nitrogens with one attached hydrogen (secondary N) is 2. The minimum Gasteiger partial charge on any atom is -0.343 e. The predicted octanol–water partition coefficient (Wildman–Crippen LogP) is 1.40. The number of aromatic amines is 2. The smallest absolute Gasteiger partial charge is 0.266 e. The molecule has 0 bridgehead atoms. The van der Waals surface area contributed by atoms with E-state index in [9.17, 15) is 9.59 Å². The number of hydrogen-bond donors (Lipinski definition) is 2. The third kappa shape index (κ3) is 4.25. The van der Waals surface area contributed by atoms with Crippen molar-refractivity contribution in [1.82, 2.24) is 25.3 Å². The lowest BCUT2D eigenvalue weighted by Crippen LogP contribution is -2.39. The Morgan fingerprint density at radius 2 is 2.11 bits per heavy atom. The van der Waals surface area contributed by atoms with Crippen LogP contribution in [0.4, 0.5) is 0 Å². The van der Waals surface area contributed by atoms with Gasteiger partial charge in [0.15, 0.2) is 0 Å². The standard InChI is InChI=1S/C19H24N6O2/c1-12-16(13(2)22-19(27)17(12)10-20)3-4-18(26)25-7-5-14(6-8-25)9-15-11-21-24-23-15/h11,14H,3-9H2,1-2H3,(H,22,27)(H,21,23,24). The van der Waals surface area contributed by atoms with Gasteiger partial charge in [-0.2, -0.15) is 20.7 Å². The average Bonchev–Trinajstić information content (AvgIpc) is 3.15. The van der Waals surface area contributed by atoms with Gasteiger partial charge in [0.25, 0.3) is 5.56 Å². The predicted molar refractivity (Wildman–Crippen MR) is 99.0 cm³/mol. The van der Waals surface area contributed by atoms with E-state index < -0.39 is 0 Å². The summed E-state index contributed by atoms with van der Waals surface area (Å²) >= 11 is 0. The van der Waals surface area contributed by atoms with Gasteiger partial charge in [0.1, 0.15) is 11.6 Å². The fourth-order valence-electron chi connectivity index (χ4n) is 3.82. The van der Waals surface area contributed by atoms with Gasteiger partial charge < -0.3 is 9.88 Å². The monoisotopic (exact) mass is 368 g/mol. The highest BCUT2D eigenvalue weighted by molar-refractivity contribution is 5.76. The number of rotatable bonds is 5. The molecule has 0 saturated carbocycles. The molecule has 8 heteroatoms. The molecule has 0 unspecified atom stereocenters. The number of carbonyl (C=O) groups excluding carboxylic acids is 1. The first-order valence-electron chi connectivity index (χ1n) is 9.24. The fourth-order valence-corrected chi connectivity index (χ4v) is 3.82. The van der Waals surface area contributed by atoms with Gasteiger partial charge in [-0.3, -0.25) is 9.59 Å². The summed E-state index contributed by atoms with van der Waals surface area (Å²) in [4.78, 5) is 29.0. The lowest BCUT2D eigenvalue weighted by molar-refractivity contribution is -0.132. The van der Waals surface area contributed by atoms with Gasteiger partial charge in [0.2, 0.25) is 5.91 Å². The van der Waals surface area contributed by atoms with Gasteiger partial charge >= 0.3 is 0 Å². The summed E-state index contributed by atoms with van der Waals surface area (Å²) in [5.74, 6) is 0.652. The summed E-state index contributed by atoms with van der Waals surface area (Å²) in [6.45, 7) is 5.10. The average molecular weight is 368 g/mol. The van der Waals surface area contributed by atoms with E-state index in [0.29, 0.717) is 24.3 Å². The van der Waals surface area contributed by atoms with Gasteiger partial charge in [-0.25, -0.2) is 0 Å². The molecule has 27 heavy (non-hydrogen) atoms. The minimum absolute atomic E-state index is 0.124. The lowest BCUT2D eigenvalue weighted by Gasteiger charge is -2.32. The summed E-state index contributed by atoms with van der Waals surface area (Å²) < 4.78 is 0. The summed E-state index contributed by atoms with van der Waals surface area (Å²) in [6.07, 6.45) is 5.49. The van der Waals surface area contributed by atoms with Crippen LogP contribution in [0, 0.1) is 31.1 Å². The summed E-state index contributed by atoms with van der Waals surface area (Å²) in [5.41, 5.74) is 3.04. The maximum absolute atomic E-state index is 12.6. The molecular weight excluding hydrogens is 344 g/mol. The molecule has 0 spiro atoms. The Hall–Kier alpha value is -2.95. The third-order valence-corrected chi connectivity index (χ3v) is 5.44. The molecule has 0 atom stereocenters. The Balaban J connectivity index is 1.55. The van der Waals surface area contributed by atoms with Crippen LogP contribution in [0.5, 0.6) is 0 Å². The molecular formula is C19H24N6O2. The Morgan fingerprint density at radius 3 is 2.74 bits per heavy atom. The molecule has 1 aliphatic heterocycles. The fraction of sp³-hybridized carbons (Fsp3) is 0.526.